The van der Waals surface area contributed by atoms with E-state index in [9.17, 15) is 0 Å². The maximum absolute atomic E-state index is 4.99. The van der Waals surface area contributed by atoms with E-state index in [-0.39, 0.29) is 0 Å². The number of thioether (sulfide) groups is 1. The molecule has 66 valence electrons. The Kier molecular flexibility index (Phi) is 2.72. The highest BCUT2D eigenvalue weighted by Crippen LogP contribution is 2.21. The van der Waals surface area contributed by atoms with Crippen molar-refractivity contribution in [2.75, 3.05) is 0 Å². The van der Waals surface area contributed by atoms with Gasteiger partial charge < -0.3 is 4.42 Å². The quantitative estimate of drug-likeness (QED) is 0.686. The van der Waals surface area contributed by atoms with Crippen molar-refractivity contribution in [1.29, 1.82) is 0 Å². The second-order valence-corrected chi connectivity index (χ2v) is 3.78. The summed E-state index contributed by atoms with van der Waals surface area (Å²) in [6, 6.07) is 12.4. The van der Waals surface area contributed by atoms with Gasteiger partial charge in [-0.15, -0.1) is 11.8 Å². The van der Waals surface area contributed by atoms with Gasteiger partial charge in [0.1, 0.15) is 0 Å². The van der Waals surface area contributed by atoms with Crippen LogP contribution in [0.3, 0.4) is 0 Å². The monoisotopic (exact) mass is 190 g/mol. The van der Waals surface area contributed by atoms with Crippen LogP contribution in [0.2, 0.25) is 0 Å². The molecule has 1 aromatic heterocycles. The first-order chi connectivity index (χ1) is 6.45. The normalized spacial score (nSPS) is 10.2. The van der Waals surface area contributed by atoms with Crippen LogP contribution in [0.5, 0.6) is 0 Å². The minimum atomic E-state index is 0.973. The lowest BCUT2D eigenvalue weighted by atomic mass is 10.4. The third-order valence-corrected chi connectivity index (χ3v) is 2.81. The Labute approximate surface area is 81.8 Å². The summed E-state index contributed by atoms with van der Waals surface area (Å²) in [4.78, 5) is 1.30. The van der Waals surface area contributed by atoms with E-state index in [0.29, 0.717) is 0 Å². The molecule has 0 amide bonds. The average Bonchev–Trinajstić information content (AvgIpc) is 2.69. The van der Waals surface area contributed by atoms with Gasteiger partial charge in [-0.1, -0.05) is 18.2 Å². The molecular formula is C11H10OS. The lowest BCUT2D eigenvalue weighted by Crippen LogP contribution is -1.74. The summed E-state index contributed by atoms with van der Waals surface area (Å²) in [5.74, 6) is 0.973. The topological polar surface area (TPSA) is 13.1 Å². The smallest absolute Gasteiger partial charge is 0.0943 e. The highest BCUT2D eigenvalue weighted by molar-refractivity contribution is 7.98. The van der Waals surface area contributed by atoms with E-state index >= 15 is 0 Å². The molecule has 0 aliphatic heterocycles. The van der Waals surface area contributed by atoms with Gasteiger partial charge in [-0.25, -0.2) is 0 Å². The van der Waals surface area contributed by atoms with Crippen LogP contribution in [-0.4, -0.2) is 0 Å². The fraction of sp³-hybridized carbons (Fsp3) is 0.0909. The largest absolute Gasteiger partial charge is 0.472 e. The first-order valence-corrected chi connectivity index (χ1v) is 5.12. The highest BCUT2D eigenvalue weighted by Gasteiger charge is 1.95. The maximum Gasteiger partial charge on any atom is 0.0943 e. The van der Waals surface area contributed by atoms with Crippen molar-refractivity contribution in [3.05, 3.63) is 54.5 Å². The van der Waals surface area contributed by atoms with Crippen molar-refractivity contribution in [3.8, 4) is 0 Å². The molecule has 0 saturated carbocycles. The summed E-state index contributed by atoms with van der Waals surface area (Å²) < 4.78 is 4.99. The molecule has 1 aromatic carbocycles. The van der Waals surface area contributed by atoms with Crippen LogP contribution in [-0.2, 0) is 5.75 Å². The Hall–Kier alpha value is -1.15. The molecule has 2 heteroatoms. The van der Waals surface area contributed by atoms with E-state index in [1.54, 1.807) is 12.5 Å². The van der Waals surface area contributed by atoms with Gasteiger partial charge in [0.05, 0.1) is 12.5 Å². The Balaban J connectivity index is 1.94. The van der Waals surface area contributed by atoms with Crippen LogP contribution >= 0.6 is 11.8 Å². The van der Waals surface area contributed by atoms with Gasteiger partial charge in [-0.05, 0) is 18.2 Å². The van der Waals surface area contributed by atoms with E-state index in [4.69, 9.17) is 4.42 Å². The molecule has 0 aliphatic carbocycles. The molecule has 0 atom stereocenters. The third kappa shape index (κ3) is 2.39. The molecule has 1 nitrogen and oxygen atoms in total. The second kappa shape index (κ2) is 4.19. The SMILES string of the molecule is c1ccc(SCc2ccoc2)cc1. The Bertz CT molecular complexity index is 340. The molecule has 0 aliphatic rings. The van der Waals surface area contributed by atoms with Crippen LogP contribution in [0.4, 0.5) is 0 Å². The van der Waals surface area contributed by atoms with E-state index < -0.39 is 0 Å². The van der Waals surface area contributed by atoms with Crippen LogP contribution in [0.15, 0.2) is 58.2 Å². The van der Waals surface area contributed by atoms with Crippen molar-refractivity contribution >= 4 is 11.8 Å². The predicted molar refractivity (Wildman–Crippen MR) is 54.7 cm³/mol. The van der Waals surface area contributed by atoms with Crippen molar-refractivity contribution in [3.63, 3.8) is 0 Å². The molecular weight excluding hydrogens is 180 g/mol. The van der Waals surface area contributed by atoms with Gasteiger partial charge >= 0.3 is 0 Å². The summed E-state index contributed by atoms with van der Waals surface area (Å²) in [6.45, 7) is 0. The van der Waals surface area contributed by atoms with Crippen LogP contribution < -0.4 is 0 Å². The fourth-order valence-electron chi connectivity index (χ4n) is 1.06. The molecule has 0 N–H and O–H groups in total. The van der Waals surface area contributed by atoms with Crippen LogP contribution in [0.25, 0.3) is 0 Å². The van der Waals surface area contributed by atoms with Crippen molar-refractivity contribution in [2.45, 2.75) is 10.6 Å². The Morgan fingerprint density at radius 1 is 1.08 bits per heavy atom. The van der Waals surface area contributed by atoms with Gasteiger partial charge in [0.15, 0.2) is 0 Å². The Morgan fingerprint density at radius 2 is 1.92 bits per heavy atom. The van der Waals surface area contributed by atoms with E-state index in [1.165, 1.54) is 10.5 Å². The van der Waals surface area contributed by atoms with Crippen LogP contribution in [0.1, 0.15) is 5.56 Å². The average molecular weight is 190 g/mol. The summed E-state index contributed by atoms with van der Waals surface area (Å²) in [5, 5.41) is 0. The second-order valence-electron chi connectivity index (χ2n) is 2.73. The molecule has 0 radical (unpaired) electrons. The minimum Gasteiger partial charge on any atom is -0.472 e. The highest BCUT2D eigenvalue weighted by atomic mass is 32.2. The summed E-state index contributed by atoms with van der Waals surface area (Å²) in [7, 11) is 0. The molecule has 0 spiro atoms. The molecule has 13 heavy (non-hydrogen) atoms. The zero-order chi connectivity index (χ0) is 8.93. The van der Waals surface area contributed by atoms with Gasteiger partial charge in [-0.2, -0.15) is 0 Å². The van der Waals surface area contributed by atoms with Crippen molar-refractivity contribution < 1.29 is 4.42 Å². The molecule has 0 saturated heterocycles. The number of hydrogen-bond donors (Lipinski definition) is 0. The number of rotatable bonds is 3. The van der Waals surface area contributed by atoms with Crippen molar-refractivity contribution in [2.24, 2.45) is 0 Å². The zero-order valence-corrected chi connectivity index (χ0v) is 7.96. The van der Waals surface area contributed by atoms with E-state index in [0.717, 1.165) is 5.75 Å². The molecule has 0 unspecified atom stereocenters. The predicted octanol–water partition coefficient (Wildman–Crippen LogP) is 3.57. The standard InChI is InChI=1S/C11H10OS/c1-2-4-11(5-3-1)13-9-10-6-7-12-8-10/h1-8H,9H2. The molecule has 2 aromatic rings. The summed E-state index contributed by atoms with van der Waals surface area (Å²) in [5.41, 5.74) is 1.23. The van der Waals surface area contributed by atoms with Gasteiger partial charge in [-0.3, -0.25) is 0 Å². The number of hydrogen-bond acceptors (Lipinski definition) is 2. The van der Waals surface area contributed by atoms with Gasteiger partial charge in [0.2, 0.25) is 0 Å². The first-order valence-electron chi connectivity index (χ1n) is 4.14. The van der Waals surface area contributed by atoms with E-state index in [1.807, 2.05) is 23.9 Å². The maximum atomic E-state index is 4.99. The summed E-state index contributed by atoms with van der Waals surface area (Å²) in [6.07, 6.45) is 3.50. The molecule has 2 rings (SSSR count). The van der Waals surface area contributed by atoms with Gasteiger partial charge in [0.25, 0.3) is 0 Å². The lowest BCUT2D eigenvalue weighted by molar-refractivity contribution is 0.565. The van der Waals surface area contributed by atoms with E-state index in [2.05, 4.69) is 24.3 Å². The third-order valence-electron chi connectivity index (χ3n) is 1.73. The van der Waals surface area contributed by atoms with Crippen molar-refractivity contribution in [1.82, 2.24) is 0 Å². The summed E-state index contributed by atoms with van der Waals surface area (Å²) >= 11 is 1.82. The lowest BCUT2D eigenvalue weighted by Gasteiger charge is -1.97. The minimum absolute atomic E-state index is 0.973. The van der Waals surface area contributed by atoms with Crippen LogP contribution in [0, 0.1) is 0 Å². The Morgan fingerprint density at radius 3 is 2.62 bits per heavy atom. The zero-order valence-electron chi connectivity index (χ0n) is 7.14. The van der Waals surface area contributed by atoms with Gasteiger partial charge in [0, 0.05) is 16.2 Å². The number of benzene rings is 1. The molecule has 1 heterocycles. The first kappa shape index (κ1) is 8.45. The molecule has 0 bridgehead atoms. The molecule has 0 fully saturated rings. The fourth-order valence-corrected chi connectivity index (χ4v) is 1.91. The number of furan rings is 1.